The molecule has 104 valence electrons. The van der Waals surface area contributed by atoms with Crippen molar-refractivity contribution < 1.29 is 14.3 Å². The molecule has 0 aliphatic rings. The Bertz CT molecular complexity index is 662. The van der Waals surface area contributed by atoms with Crippen LogP contribution in [0.5, 0.6) is 0 Å². The van der Waals surface area contributed by atoms with Gasteiger partial charge in [-0.1, -0.05) is 35.3 Å². The first-order chi connectivity index (χ1) is 9.49. The Morgan fingerprint density at radius 3 is 2.65 bits per heavy atom. The minimum Gasteiger partial charge on any atom is -0.478 e. The molecular weight excluding hydrogens is 304 g/mol. The number of hydrogen-bond acceptors (Lipinski definition) is 2. The SMILES string of the molecule is O=C(O)c1cc(NCc2cccc(Cl)c2F)ccc1Cl. The van der Waals surface area contributed by atoms with Gasteiger partial charge in [-0.3, -0.25) is 0 Å². The summed E-state index contributed by atoms with van der Waals surface area (Å²) in [6.07, 6.45) is 0. The number of carboxylic acids is 1. The number of halogens is 3. The lowest BCUT2D eigenvalue weighted by Crippen LogP contribution is -2.04. The standard InChI is InChI=1S/C14H10Cl2FNO2/c15-11-5-4-9(6-10(11)14(19)20)18-7-8-2-1-3-12(16)13(8)17/h1-6,18H,7H2,(H,19,20). The van der Waals surface area contributed by atoms with Crippen molar-refractivity contribution in [2.24, 2.45) is 0 Å². The Balaban J connectivity index is 2.17. The van der Waals surface area contributed by atoms with Gasteiger partial charge in [-0.2, -0.15) is 0 Å². The van der Waals surface area contributed by atoms with Crippen molar-refractivity contribution in [1.82, 2.24) is 0 Å². The number of benzene rings is 2. The van der Waals surface area contributed by atoms with Gasteiger partial charge in [-0.15, -0.1) is 0 Å². The molecule has 0 aromatic heterocycles. The van der Waals surface area contributed by atoms with Crippen molar-refractivity contribution in [3.05, 3.63) is 63.4 Å². The average molecular weight is 314 g/mol. The third-order valence-corrected chi connectivity index (χ3v) is 3.33. The number of rotatable bonds is 4. The number of aromatic carboxylic acids is 1. The smallest absolute Gasteiger partial charge is 0.337 e. The molecule has 2 aromatic rings. The average Bonchev–Trinajstić information content (AvgIpc) is 2.41. The molecule has 0 spiro atoms. The Labute approximate surface area is 124 Å². The highest BCUT2D eigenvalue weighted by atomic mass is 35.5. The van der Waals surface area contributed by atoms with Crippen LogP contribution in [0.25, 0.3) is 0 Å². The Morgan fingerprint density at radius 2 is 1.95 bits per heavy atom. The monoisotopic (exact) mass is 313 g/mol. The maximum atomic E-state index is 13.7. The second kappa shape index (κ2) is 6.11. The third-order valence-electron chi connectivity index (χ3n) is 2.71. The van der Waals surface area contributed by atoms with E-state index in [1.165, 1.54) is 18.2 Å². The molecular formula is C14H10Cl2FNO2. The summed E-state index contributed by atoms with van der Waals surface area (Å²) < 4.78 is 13.7. The van der Waals surface area contributed by atoms with E-state index in [0.29, 0.717) is 11.3 Å². The molecule has 0 radical (unpaired) electrons. The van der Waals surface area contributed by atoms with Gasteiger partial charge in [0.25, 0.3) is 0 Å². The molecule has 0 heterocycles. The third kappa shape index (κ3) is 3.21. The summed E-state index contributed by atoms with van der Waals surface area (Å²) in [4.78, 5) is 11.0. The predicted molar refractivity (Wildman–Crippen MR) is 77.1 cm³/mol. The van der Waals surface area contributed by atoms with Gasteiger partial charge in [0, 0.05) is 17.8 Å². The van der Waals surface area contributed by atoms with Crippen molar-refractivity contribution in [3.8, 4) is 0 Å². The van der Waals surface area contributed by atoms with Crippen LogP contribution in [-0.4, -0.2) is 11.1 Å². The van der Waals surface area contributed by atoms with Crippen molar-refractivity contribution in [1.29, 1.82) is 0 Å². The molecule has 0 fully saturated rings. The normalized spacial score (nSPS) is 10.3. The maximum Gasteiger partial charge on any atom is 0.337 e. The molecule has 3 nitrogen and oxygen atoms in total. The molecule has 0 atom stereocenters. The van der Waals surface area contributed by atoms with Gasteiger partial charge in [0.15, 0.2) is 0 Å². The molecule has 2 N–H and O–H groups in total. The molecule has 20 heavy (non-hydrogen) atoms. The van der Waals surface area contributed by atoms with E-state index >= 15 is 0 Å². The number of hydrogen-bond donors (Lipinski definition) is 2. The first-order valence-electron chi connectivity index (χ1n) is 5.68. The summed E-state index contributed by atoms with van der Waals surface area (Å²) in [5.41, 5.74) is 0.915. The largest absolute Gasteiger partial charge is 0.478 e. The number of nitrogens with one attached hydrogen (secondary N) is 1. The first kappa shape index (κ1) is 14.6. The summed E-state index contributed by atoms with van der Waals surface area (Å²) in [5.74, 6) is -1.61. The Hall–Kier alpha value is -1.78. The lowest BCUT2D eigenvalue weighted by atomic mass is 10.1. The van der Waals surface area contributed by atoms with E-state index < -0.39 is 11.8 Å². The van der Waals surface area contributed by atoms with Crippen LogP contribution in [0.3, 0.4) is 0 Å². The van der Waals surface area contributed by atoms with Crippen LogP contribution < -0.4 is 5.32 Å². The zero-order chi connectivity index (χ0) is 14.7. The molecule has 2 aromatic carbocycles. The van der Waals surface area contributed by atoms with Crippen LogP contribution in [0.15, 0.2) is 36.4 Å². The second-order valence-corrected chi connectivity index (χ2v) is 4.88. The summed E-state index contributed by atoms with van der Waals surface area (Å²) in [5, 5.41) is 12.1. The molecule has 0 amide bonds. The van der Waals surface area contributed by atoms with Crippen molar-refractivity contribution in [2.75, 3.05) is 5.32 Å². The van der Waals surface area contributed by atoms with E-state index in [2.05, 4.69) is 5.32 Å². The molecule has 0 saturated heterocycles. The summed E-state index contributed by atoms with van der Waals surface area (Å²) in [6.45, 7) is 0.188. The number of carbonyl (C=O) groups is 1. The van der Waals surface area contributed by atoms with Gasteiger partial charge < -0.3 is 10.4 Å². The Kier molecular flexibility index (Phi) is 4.47. The van der Waals surface area contributed by atoms with Gasteiger partial charge in [0.2, 0.25) is 0 Å². The highest BCUT2D eigenvalue weighted by Gasteiger charge is 2.10. The van der Waals surface area contributed by atoms with Crippen LogP contribution in [0.2, 0.25) is 10.0 Å². The fourth-order valence-electron chi connectivity index (χ4n) is 1.68. The van der Waals surface area contributed by atoms with Crippen LogP contribution in [0, 0.1) is 5.82 Å². The van der Waals surface area contributed by atoms with E-state index in [-0.39, 0.29) is 22.2 Å². The number of anilines is 1. The molecule has 0 aliphatic heterocycles. The lowest BCUT2D eigenvalue weighted by molar-refractivity contribution is 0.0697. The van der Waals surface area contributed by atoms with Gasteiger partial charge in [0.1, 0.15) is 5.82 Å². The summed E-state index contributed by atoms with van der Waals surface area (Å²) >= 11 is 11.5. The van der Waals surface area contributed by atoms with Gasteiger partial charge in [-0.25, -0.2) is 9.18 Å². The van der Waals surface area contributed by atoms with Gasteiger partial charge in [0.05, 0.1) is 15.6 Å². The van der Waals surface area contributed by atoms with Gasteiger partial charge in [-0.05, 0) is 24.3 Å². The van der Waals surface area contributed by atoms with E-state index in [9.17, 15) is 9.18 Å². The van der Waals surface area contributed by atoms with Crippen LogP contribution in [0.1, 0.15) is 15.9 Å². The van der Waals surface area contributed by atoms with E-state index in [0.717, 1.165) is 0 Å². The molecule has 6 heteroatoms. The molecule has 2 rings (SSSR count). The fraction of sp³-hybridized carbons (Fsp3) is 0.0714. The van der Waals surface area contributed by atoms with Crippen molar-refractivity contribution in [2.45, 2.75) is 6.54 Å². The maximum absolute atomic E-state index is 13.7. The topological polar surface area (TPSA) is 49.3 Å². The molecule has 0 aliphatic carbocycles. The first-order valence-corrected chi connectivity index (χ1v) is 6.44. The zero-order valence-corrected chi connectivity index (χ0v) is 11.7. The number of carboxylic acid groups (broad SMARTS) is 1. The second-order valence-electron chi connectivity index (χ2n) is 4.07. The minimum absolute atomic E-state index is 0.0109. The highest BCUT2D eigenvalue weighted by molar-refractivity contribution is 6.33. The summed E-state index contributed by atoms with van der Waals surface area (Å²) in [7, 11) is 0. The fourth-order valence-corrected chi connectivity index (χ4v) is 2.07. The lowest BCUT2D eigenvalue weighted by Gasteiger charge is -2.09. The van der Waals surface area contributed by atoms with E-state index in [1.807, 2.05) is 0 Å². The molecule has 0 saturated carbocycles. The van der Waals surface area contributed by atoms with Crippen molar-refractivity contribution >= 4 is 34.9 Å². The van der Waals surface area contributed by atoms with Crippen LogP contribution >= 0.6 is 23.2 Å². The predicted octanol–water partition coefficient (Wildman–Crippen LogP) is 4.44. The van der Waals surface area contributed by atoms with Crippen LogP contribution in [0.4, 0.5) is 10.1 Å². The van der Waals surface area contributed by atoms with E-state index in [1.54, 1.807) is 18.2 Å². The quantitative estimate of drug-likeness (QED) is 0.877. The summed E-state index contributed by atoms with van der Waals surface area (Å²) in [6, 6.07) is 9.20. The van der Waals surface area contributed by atoms with Crippen molar-refractivity contribution in [3.63, 3.8) is 0 Å². The minimum atomic E-state index is -1.12. The van der Waals surface area contributed by atoms with Gasteiger partial charge >= 0.3 is 5.97 Å². The van der Waals surface area contributed by atoms with Crippen LogP contribution in [-0.2, 0) is 6.54 Å². The molecule has 0 bridgehead atoms. The zero-order valence-electron chi connectivity index (χ0n) is 10.2. The Morgan fingerprint density at radius 1 is 1.20 bits per heavy atom. The molecule has 0 unspecified atom stereocenters. The highest BCUT2D eigenvalue weighted by Crippen LogP contribution is 2.22. The van der Waals surface area contributed by atoms with E-state index in [4.69, 9.17) is 28.3 Å².